The molecular weight excluding hydrogens is 442 g/mol. The number of carbonyl (C=O) groups is 2. The van der Waals surface area contributed by atoms with E-state index in [9.17, 15) is 9.59 Å². The van der Waals surface area contributed by atoms with Gasteiger partial charge in [-0.25, -0.2) is 9.78 Å². The van der Waals surface area contributed by atoms with E-state index < -0.39 is 5.97 Å². The molecule has 0 bridgehead atoms. The summed E-state index contributed by atoms with van der Waals surface area (Å²) in [5.41, 5.74) is 1.80. The van der Waals surface area contributed by atoms with E-state index in [0.29, 0.717) is 11.7 Å². The van der Waals surface area contributed by atoms with Crippen LogP contribution in [0.15, 0.2) is 41.8 Å². The molecule has 1 aliphatic heterocycles. The third kappa shape index (κ3) is 5.28. The highest BCUT2D eigenvalue weighted by atomic mass is 32.1. The molecule has 2 aromatic heterocycles. The largest absolute Gasteiger partial charge is 0.496 e. The van der Waals surface area contributed by atoms with E-state index in [1.165, 1.54) is 11.3 Å². The van der Waals surface area contributed by atoms with Gasteiger partial charge < -0.3 is 19.7 Å². The number of rotatable bonds is 7. The van der Waals surface area contributed by atoms with E-state index >= 15 is 0 Å². The maximum atomic E-state index is 12.8. The van der Waals surface area contributed by atoms with Gasteiger partial charge in [-0.1, -0.05) is 12.1 Å². The Bertz CT molecular complexity index is 1120. The Kier molecular flexibility index (Phi) is 7.13. The van der Waals surface area contributed by atoms with Gasteiger partial charge in [0.25, 0.3) is 0 Å². The Morgan fingerprint density at radius 3 is 2.82 bits per heavy atom. The number of esters is 1. The summed E-state index contributed by atoms with van der Waals surface area (Å²) in [6, 6.07) is 11.5. The van der Waals surface area contributed by atoms with Gasteiger partial charge in [0.2, 0.25) is 5.91 Å². The van der Waals surface area contributed by atoms with Gasteiger partial charge in [-0.15, -0.1) is 21.5 Å². The van der Waals surface area contributed by atoms with E-state index in [1.54, 1.807) is 19.4 Å². The predicted molar refractivity (Wildman–Crippen MR) is 126 cm³/mol. The number of aromatic nitrogens is 3. The lowest BCUT2D eigenvalue weighted by atomic mass is 9.97. The fourth-order valence-electron chi connectivity index (χ4n) is 3.73. The van der Waals surface area contributed by atoms with Gasteiger partial charge in [-0.05, 0) is 44.0 Å². The summed E-state index contributed by atoms with van der Waals surface area (Å²) >= 11 is 1.21. The smallest absolute Gasteiger partial charge is 0.357 e. The SMILES string of the molecule is CCOC(=O)c1csc(NC(=O)C2CCCN(c3ccc(-c4ccccc4OC)nn3)C2)n1. The first-order valence-corrected chi connectivity index (χ1v) is 11.6. The molecule has 33 heavy (non-hydrogen) atoms. The lowest BCUT2D eigenvalue weighted by Crippen LogP contribution is -2.41. The maximum absolute atomic E-state index is 12.8. The lowest BCUT2D eigenvalue weighted by molar-refractivity contribution is -0.120. The third-order valence-electron chi connectivity index (χ3n) is 5.37. The Morgan fingerprint density at radius 2 is 2.06 bits per heavy atom. The van der Waals surface area contributed by atoms with Crippen LogP contribution in [-0.2, 0) is 9.53 Å². The van der Waals surface area contributed by atoms with Gasteiger partial charge in [-0.3, -0.25) is 4.79 Å². The molecule has 4 rings (SSSR count). The van der Waals surface area contributed by atoms with Crippen molar-refractivity contribution in [1.29, 1.82) is 0 Å². The van der Waals surface area contributed by atoms with Crippen LogP contribution in [0.4, 0.5) is 10.9 Å². The summed E-state index contributed by atoms with van der Waals surface area (Å²) in [6.07, 6.45) is 1.63. The van der Waals surface area contributed by atoms with Gasteiger partial charge in [0.15, 0.2) is 16.6 Å². The van der Waals surface area contributed by atoms with Crippen molar-refractivity contribution >= 4 is 34.2 Å². The van der Waals surface area contributed by atoms with Crippen molar-refractivity contribution in [2.24, 2.45) is 5.92 Å². The van der Waals surface area contributed by atoms with Crippen molar-refractivity contribution in [3.8, 4) is 17.0 Å². The zero-order valence-corrected chi connectivity index (χ0v) is 19.3. The second-order valence-corrected chi connectivity index (χ2v) is 8.37. The van der Waals surface area contributed by atoms with Crippen LogP contribution >= 0.6 is 11.3 Å². The van der Waals surface area contributed by atoms with Gasteiger partial charge in [0, 0.05) is 24.0 Å². The number of hydrogen-bond donors (Lipinski definition) is 1. The van der Waals surface area contributed by atoms with Gasteiger partial charge >= 0.3 is 5.97 Å². The average Bonchev–Trinajstić information content (AvgIpc) is 3.33. The molecule has 10 heteroatoms. The number of ether oxygens (including phenoxy) is 2. The Balaban J connectivity index is 1.40. The van der Waals surface area contributed by atoms with Crippen LogP contribution in [0.2, 0.25) is 0 Å². The number of methoxy groups -OCH3 is 1. The molecule has 3 heterocycles. The van der Waals surface area contributed by atoms with Crippen LogP contribution in [-0.4, -0.2) is 53.9 Å². The van der Waals surface area contributed by atoms with Crippen LogP contribution in [0.3, 0.4) is 0 Å². The van der Waals surface area contributed by atoms with Crippen LogP contribution < -0.4 is 15.0 Å². The van der Waals surface area contributed by atoms with E-state index in [-0.39, 0.29) is 24.1 Å². The third-order valence-corrected chi connectivity index (χ3v) is 6.13. The minimum Gasteiger partial charge on any atom is -0.496 e. The van der Waals surface area contributed by atoms with Crippen LogP contribution in [0.1, 0.15) is 30.3 Å². The fraction of sp³-hybridized carbons (Fsp3) is 0.348. The highest BCUT2D eigenvalue weighted by Gasteiger charge is 2.27. The van der Waals surface area contributed by atoms with Gasteiger partial charge in [0.1, 0.15) is 5.75 Å². The lowest BCUT2D eigenvalue weighted by Gasteiger charge is -2.32. The minimum atomic E-state index is -0.492. The van der Waals surface area contributed by atoms with E-state index in [0.717, 1.165) is 42.2 Å². The Morgan fingerprint density at radius 1 is 1.21 bits per heavy atom. The molecule has 1 aliphatic rings. The normalized spacial score (nSPS) is 15.7. The molecule has 1 fully saturated rings. The zero-order valence-electron chi connectivity index (χ0n) is 18.5. The number of piperidine rings is 1. The Labute approximate surface area is 195 Å². The summed E-state index contributed by atoms with van der Waals surface area (Å²) in [7, 11) is 1.63. The van der Waals surface area contributed by atoms with Gasteiger partial charge in [0.05, 0.1) is 25.3 Å². The van der Waals surface area contributed by atoms with Crippen molar-refractivity contribution in [2.75, 3.05) is 37.0 Å². The summed E-state index contributed by atoms with van der Waals surface area (Å²) < 4.78 is 10.4. The highest BCUT2D eigenvalue weighted by Crippen LogP contribution is 2.29. The molecule has 0 saturated carbocycles. The number of nitrogens with one attached hydrogen (secondary N) is 1. The van der Waals surface area contributed by atoms with Crippen LogP contribution in [0.25, 0.3) is 11.3 Å². The molecule has 0 radical (unpaired) electrons. The highest BCUT2D eigenvalue weighted by molar-refractivity contribution is 7.14. The molecule has 0 aliphatic carbocycles. The number of thiazole rings is 1. The van der Waals surface area contributed by atoms with Crippen molar-refractivity contribution in [2.45, 2.75) is 19.8 Å². The molecule has 1 saturated heterocycles. The number of carbonyl (C=O) groups excluding carboxylic acids is 2. The molecule has 3 aromatic rings. The zero-order chi connectivity index (χ0) is 23.2. The summed E-state index contributed by atoms with van der Waals surface area (Å²) in [6.45, 7) is 3.35. The molecule has 1 aromatic carbocycles. The topological polar surface area (TPSA) is 107 Å². The number of benzene rings is 1. The number of amides is 1. The van der Waals surface area contributed by atoms with E-state index in [4.69, 9.17) is 9.47 Å². The summed E-state index contributed by atoms with van der Waals surface area (Å²) in [4.78, 5) is 30.8. The molecule has 1 atom stereocenters. The minimum absolute atomic E-state index is 0.122. The van der Waals surface area contributed by atoms with E-state index in [1.807, 2.05) is 36.4 Å². The predicted octanol–water partition coefficient (Wildman–Crippen LogP) is 3.64. The quantitative estimate of drug-likeness (QED) is 0.525. The first kappa shape index (κ1) is 22.7. The molecule has 1 N–H and O–H groups in total. The number of para-hydroxylation sites is 1. The second-order valence-electron chi connectivity index (χ2n) is 7.51. The van der Waals surface area contributed by atoms with Gasteiger partial charge in [-0.2, -0.15) is 0 Å². The van der Waals surface area contributed by atoms with Crippen LogP contribution in [0, 0.1) is 5.92 Å². The number of anilines is 2. The van der Waals surface area contributed by atoms with Crippen molar-refractivity contribution in [3.05, 3.63) is 47.5 Å². The van der Waals surface area contributed by atoms with E-state index in [2.05, 4.69) is 25.4 Å². The number of hydrogen-bond acceptors (Lipinski definition) is 9. The molecule has 0 spiro atoms. The molecule has 1 amide bonds. The standard InChI is InChI=1S/C23H25N5O4S/c1-3-32-22(30)18-14-33-23(24-18)25-21(29)15-7-6-12-28(13-15)20-11-10-17(26-27-20)16-8-4-5-9-19(16)31-2/h4-5,8-11,14-15H,3,6-7,12-13H2,1-2H3,(H,24,25,29). The molecular formula is C23H25N5O4S. The first-order chi connectivity index (χ1) is 16.1. The maximum Gasteiger partial charge on any atom is 0.357 e. The summed E-state index contributed by atoms with van der Waals surface area (Å²) in [5, 5.41) is 13.6. The first-order valence-electron chi connectivity index (χ1n) is 10.7. The second kappa shape index (κ2) is 10.4. The van der Waals surface area contributed by atoms with Crippen molar-refractivity contribution < 1.29 is 19.1 Å². The number of nitrogens with zero attached hydrogens (tertiary/aromatic N) is 4. The van der Waals surface area contributed by atoms with Crippen LogP contribution in [0.5, 0.6) is 5.75 Å². The average molecular weight is 468 g/mol. The molecule has 172 valence electrons. The monoisotopic (exact) mass is 467 g/mol. The van der Waals surface area contributed by atoms with Crippen molar-refractivity contribution in [3.63, 3.8) is 0 Å². The van der Waals surface area contributed by atoms with Crippen molar-refractivity contribution in [1.82, 2.24) is 15.2 Å². The fourth-order valence-corrected chi connectivity index (χ4v) is 4.41. The summed E-state index contributed by atoms with van der Waals surface area (Å²) in [5.74, 6) is 0.633. The molecule has 1 unspecified atom stereocenters. The Hall–Kier alpha value is -3.53. The molecule has 9 nitrogen and oxygen atoms in total.